The molecule has 1 saturated carbocycles. The number of nitrogens with one attached hydrogen (secondary N) is 1. The third kappa shape index (κ3) is 2.46. The summed E-state index contributed by atoms with van der Waals surface area (Å²) >= 11 is 0. The summed E-state index contributed by atoms with van der Waals surface area (Å²) in [4.78, 5) is 2.51. The van der Waals surface area contributed by atoms with Gasteiger partial charge in [-0.25, -0.2) is 0 Å². The van der Waals surface area contributed by atoms with Crippen LogP contribution in [0.3, 0.4) is 0 Å². The van der Waals surface area contributed by atoms with Crippen LogP contribution in [0.5, 0.6) is 0 Å². The van der Waals surface area contributed by atoms with E-state index in [2.05, 4.69) is 31.2 Å². The van der Waals surface area contributed by atoms with Crippen LogP contribution in [0.25, 0.3) is 0 Å². The highest BCUT2D eigenvalue weighted by Gasteiger charge is 2.25. The minimum absolute atomic E-state index is 0.773. The molecule has 0 radical (unpaired) electrons. The van der Waals surface area contributed by atoms with Crippen LogP contribution in [0, 0.1) is 0 Å². The second-order valence-corrected chi connectivity index (χ2v) is 3.93. The SMILES string of the molecule is CCCN(C)C1CCC(NC)C1. The monoisotopic (exact) mass is 170 g/mol. The van der Waals surface area contributed by atoms with Crippen LogP contribution in [0.2, 0.25) is 0 Å². The van der Waals surface area contributed by atoms with Crippen molar-refractivity contribution in [2.45, 2.75) is 44.7 Å². The zero-order valence-corrected chi connectivity index (χ0v) is 8.64. The van der Waals surface area contributed by atoms with Gasteiger partial charge >= 0.3 is 0 Å². The molecular formula is C10H22N2. The van der Waals surface area contributed by atoms with Gasteiger partial charge < -0.3 is 10.2 Å². The molecule has 1 aliphatic rings. The largest absolute Gasteiger partial charge is 0.317 e. The van der Waals surface area contributed by atoms with Crippen molar-refractivity contribution >= 4 is 0 Å². The quantitative estimate of drug-likeness (QED) is 0.687. The minimum atomic E-state index is 0.773. The van der Waals surface area contributed by atoms with E-state index in [1.54, 1.807) is 0 Å². The molecule has 2 atom stereocenters. The van der Waals surface area contributed by atoms with Gasteiger partial charge in [0, 0.05) is 12.1 Å². The predicted molar refractivity (Wildman–Crippen MR) is 53.4 cm³/mol. The Morgan fingerprint density at radius 2 is 2.17 bits per heavy atom. The molecule has 1 aliphatic carbocycles. The van der Waals surface area contributed by atoms with E-state index < -0.39 is 0 Å². The molecule has 2 unspecified atom stereocenters. The van der Waals surface area contributed by atoms with E-state index in [1.165, 1.54) is 32.2 Å². The van der Waals surface area contributed by atoms with Crippen molar-refractivity contribution in [3.8, 4) is 0 Å². The lowest BCUT2D eigenvalue weighted by atomic mass is 10.2. The van der Waals surface area contributed by atoms with Crippen molar-refractivity contribution < 1.29 is 0 Å². The molecule has 0 saturated heterocycles. The Morgan fingerprint density at radius 3 is 2.67 bits per heavy atom. The van der Waals surface area contributed by atoms with Crippen LogP contribution in [-0.4, -0.2) is 37.6 Å². The molecule has 0 aromatic carbocycles. The van der Waals surface area contributed by atoms with Crippen LogP contribution in [-0.2, 0) is 0 Å². The van der Waals surface area contributed by atoms with E-state index in [-0.39, 0.29) is 0 Å². The van der Waals surface area contributed by atoms with Gasteiger partial charge in [0.25, 0.3) is 0 Å². The summed E-state index contributed by atoms with van der Waals surface area (Å²) in [5.41, 5.74) is 0. The first-order chi connectivity index (χ1) is 5.77. The number of rotatable bonds is 4. The van der Waals surface area contributed by atoms with Crippen molar-refractivity contribution in [3.63, 3.8) is 0 Å². The maximum atomic E-state index is 3.36. The van der Waals surface area contributed by atoms with E-state index in [9.17, 15) is 0 Å². The lowest BCUT2D eigenvalue weighted by molar-refractivity contribution is 0.243. The smallest absolute Gasteiger partial charge is 0.0108 e. The Balaban J connectivity index is 2.25. The average molecular weight is 170 g/mol. The third-order valence-corrected chi connectivity index (χ3v) is 3.01. The highest BCUT2D eigenvalue weighted by atomic mass is 15.1. The zero-order valence-electron chi connectivity index (χ0n) is 8.64. The Bertz CT molecular complexity index is 125. The van der Waals surface area contributed by atoms with Crippen LogP contribution < -0.4 is 5.32 Å². The molecule has 72 valence electrons. The fraction of sp³-hybridized carbons (Fsp3) is 1.00. The second kappa shape index (κ2) is 4.83. The third-order valence-electron chi connectivity index (χ3n) is 3.01. The van der Waals surface area contributed by atoms with Crippen molar-refractivity contribution in [3.05, 3.63) is 0 Å². The fourth-order valence-electron chi connectivity index (χ4n) is 2.16. The van der Waals surface area contributed by atoms with E-state index >= 15 is 0 Å². The van der Waals surface area contributed by atoms with Gasteiger partial charge in [0.1, 0.15) is 0 Å². The predicted octanol–water partition coefficient (Wildman–Crippen LogP) is 1.47. The maximum absolute atomic E-state index is 3.36. The van der Waals surface area contributed by atoms with Gasteiger partial charge in [-0.15, -0.1) is 0 Å². The van der Waals surface area contributed by atoms with E-state index in [0.29, 0.717) is 0 Å². The molecule has 2 nitrogen and oxygen atoms in total. The highest BCUT2D eigenvalue weighted by molar-refractivity contribution is 4.84. The van der Waals surface area contributed by atoms with Crippen molar-refractivity contribution in [2.24, 2.45) is 0 Å². The summed E-state index contributed by atoms with van der Waals surface area (Å²) in [6, 6.07) is 1.61. The molecule has 0 bridgehead atoms. The summed E-state index contributed by atoms with van der Waals surface area (Å²) in [5, 5.41) is 3.36. The van der Waals surface area contributed by atoms with Crippen molar-refractivity contribution in [2.75, 3.05) is 20.6 Å². The summed E-state index contributed by atoms with van der Waals surface area (Å²) in [6.45, 7) is 3.50. The molecule has 1 fully saturated rings. The van der Waals surface area contributed by atoms with E-state index in [4.69, 9.17) is 0 Å². The Labute approximate surface area is 76.3 Å². The number of hydrogen-bond donors (Lipinski definition) is 1. The summed E-state index contributed by atoms with van der Waals surface area (Å²) in [7, 11) is 4.33. The Kier molecular flexibility index (Phi) is 4.02. The van der Waals surface area contributed by atoms with Crippen molar-refractivity contribution in [1.82, 2.24) is 10.2 Å². The van der Waals surface area contributed by atoms with Gasteiger partial charge in [-0.2, -0.15) is 0 Å². The summed E-state index contributed by atoms with van der Waals surface area (Å²) in [5.74, 6) is 0. The second-order valence-electron chi connectivity index (χ2n) is 3.93. The van der Waals surface area contributed by atoms with E-state index in [0.717, 1.165) is 12.1 Å². The van der Waals surface area contributed by atoms with Crippen LogP contribution >= 0.6 is 0 Å². The number of nitrogens with zero attached hydrogens (tertiary/aromatic N) is 1. The lowest BCUT2D eigenvalue weighted by Gasteiger charge is -2.23. The first-order valence-electron chi connectivity index (χ1n) is 5.15. The summed E-state index contributed by atoms with van der Waals surface area (Å²) < 4.78 is 0. The van der Waals surface area contributed by atoms with Gasteiger partial charge in [0.15, 0.2) is 0 Å². The first-order valence-corrected chi connectivity index (χ1v) is 5.15. The van der Waals surface area contributed by atoms with E-state index in [1.807, 2.05) is 0 Å². The molecule has 1 N–H and O–H groups in total. The van der Waals surface area contributed by atoms with Crippen LogP contribution in [0.15, 0.2) is 0 Å². The molecule has 12 heavy (non-hydrogen) atoms. The van der Waals surface area contributed by atoms with Crippen LogP contribution in [0.4, 0.5) is 0 Å². The van der Waals surface area contributed by atoms with Crippen molar-refractivity contribution in [1.29, 1.82) is 0 Å². The standard InChI is InChI=1S/C10H22N2/c1-4-7-12(3)10-6-5-9(8-10)11-2/h9-11H,4-8H2,1-3H3. The molecule has 0 amide bonds. The lowest BCUT2D eigenvalue weighted by Crippen LogP contribution is -2.32. The normalized spacial score (nSPS) is 30.0. The molecule has 0 spiro atoms. The molecule has 0 aromatic rings. The highest BCUT2D eigenvalue weighted by Crippen LogP contribution is 2.22. The minimum Gasteiger partial charge on any atom is -0.317 e. The molecule has 2 heteroatoms. The molecule has 0 aliphatic heterocycles. The molecule has 1 rings (SSSR count). The molecule has 0 heterocycles. The molecule has 0 aromatic heterocycles. The van der Waals surface area contributed by atoms with Gasteiger partial charge in [0.2, 0.25) is 0 Å². The Hall–Kier alpha value is -0.0800. The van der Waals surface area contributed by atoms with Gasteiger partial charge in [0.05, 0.1) is 0 Å². The fourth-order valence-corrected chi connectivity index (χ4v) is 2.16. The maximum Gasteiger partial charge on any atom is 0.0108 e. The van der Waals surface area contributed by atoms with Gasteiger partial charge in [-0.3, -0.25) is 0 Å². The Morgan fingerprint density at radius 1 is 1.42 bits per heavy atom. The number of hydrogen-bond acceptors (Lipinski definition) is 2. The molecular weight excluding hydrogens is 148 g/mol. The van der Waals surface area contributed by atoms with Gasteiger partial charge in [-0.05, 0) is 46.3 Å². The van der Waals surface area contributed by atoms with Gasteiger partial charge in [-0.1, -0.05) is 6.92 Å². The van der Waals surface area contributed by atoms with Crippen LogP contribution in [0.1, 0.15) is 32.6 Å². The summed E-state index contributed by atoms with van der Waals surface area (Å²) in [6.07, 6.45) is 5.35. The first kappa shape index (κ1) is 10.0. The average Bonchev–Trinajstić information content (AvgIpc) is 2.52. The zero-order chi connectivity index (χ0) is 8.97. The topological polar surface area (TPSA) is 15.3 Å².